The summed E-state index contributed by atoms with van der Waals surface area (Å²) >= 11 is 0. The first kappa shape index (κ1) is 7.61. The van der Waals surface area contributed by atoms with E-state index in [4.69, 9.17) is 0 Å². The predicted octanol–water partition coefficient (Wildman–Crippen LogP) is 3.48. The van der Waals surface area contributed by atoms with Crippen LogP contribution < -0.4 is 0 Å². The van der Waals surface area contributed by atoms with Gasteiger partial charge in [-0.1, -0.05) is 36.8 Å². The van der Waals surface area contributed by atoms with Crippen molar-refractivity contribution < 1.29 is 0 Å². The van der Waals surface area contributed by atoms with E-state index in [1.54, 1.807) is 5.57 Å². The number of allylic oxidation sites excluding steroid dienone is 6. The average Bonchev–Trinajstić information content (AvgIpc) is 2.61. The molecular weight excluding hydrogens is 156 g/mol. The van der Waals surface area contributed by atoms with Crippen LogP contribution in [0.4, 0.5) is 0 Å². The summed E-state index contributed by atoms with van der Waals surface area (Å²) in [5.74, 6) is 2.68. The van der Waals surface area contributed by atoms with Gasteiger partial charge in [-0.25, -0.2) is 0 Å². The first-order chi connectivity index (χ1) is 6.43. The van der Waals surface area contributed by atoms with E-state index in [0.717, 1.165) is 17.8 Å². The topological polar surface area (TPSA) is 0 Å². The van der Waals surface area contributed by atoms with Crippen molar-refractivity contribution in [2.24, 2.45) is 17.8 Å². The fourth-order valence-electron chi connectivity index (χ4n) is 3.14. The normalized spacial score (nSPS) is 41.2. The Labute approximate surface area is 80.0 Å². The second-order valence-corrected chi connectivity index (χ2v) is 4.61. The molecule has 3 rings (SSSR count). The lowest BCUT2D eigenvalue weighted by Gasteiger charge is -2.30. The molecule has 3 aliphatic carbocycles. The number of hydrogen-bond acceptors (Lipinski definition) is 0. The monoisotopic (exact) mass is 172 g/mol. The average molecular weight is 172 g/mol. The zero-order valence-corrected chi connectivity index (χ0v) is 7.95. The van der Waals surface area contributed by atoms with Crippen molar-refractivity contribution in [3.63, 3.8) is 0 Å². The molecule has 3 atom stereocenters. The van der Waals surface area contributed by atoms with E-state index in [9.17, 15) is 0 Å². The minimum atomic E-state index is 0.754. The molecule has 0 N–H and O–H groups in total. The standard InChI is InChI=1S/C13H16/c1-2-5-11-9-13-7-3-6-12(13)8-10(11)4-1/h1-2,4-5,8,11-13H,3,6-7,9H2. The predicted molar refractivity (Wildman–Crippen MR) is 55.3 cm³/mol. The molecule has 0 spiro atoms. The second-order valence-electron chi connectivity index (χ2n) is 4.61. The minimum Gasteiger partial charge on any atom is -0.0773 e. The summed E-state index contributed by atoms with van der Waals surface area (Å²) in [6, 6.07) is 0. The van der Waals surface area contributed by atoms with Crippen LogP contribution in [0.2, 0.25) is 0 Å². The van der Waals surface area contributed by atoms with Crippen molar-refractivity contribution >= 4 is 0 Å². The lowest BCUT2D eigenvalue weighted by atomic mass is 9.75. The van der Waals surface area contributed by atoms with Crippen molar-refractivity contribution in [3.05, 3.63) is 36.0 Å². The van der Waals surface area contributed by atoms with Crippen molar-refractivity contribution in [3.8, 4) is 0 Å². The van der Waals surface area contributed by atoms with Crippen molar-refractivity contribution in [2.75, 3.05) is 0 Å². The summed E-state index contributed by atoms with van der Waals surface area (Å²) in [5.41, 5.74) is 1.59. The summed E-state index contributed by atoms with van der Waals surface area (Å²) in [4.78, 5) is 0. The molecule has 0 aromatic carbocycles. The molecule has 68 valence electrons. The van der Waals surface area contributed by atoms with Crippen molar-refractivity contribution in [1.29, 1.82) is 0 Å². The fourth-order valence-corrected chi connectivity index (χ4v) is 3.14. The van der Waals surface area contributed by atoms with E-state index in [0.29, 0.717) is 0 Å². The molecule has 0 bridgehead atoms. The van der Waals surface area contributed by atoms with Crippen LogP contribution in [0, 0.1) is 17.8 Å². The molecule has 0 radical (unpaired) electrons. The molecule has 13 heavy (non-hydrogen) atoms. The molecule has 1 fully saturated rings. The van der Waals surface area contributed by atoms with E-state index in [1.807, 2.05) is 0 Å². The van der Waals surface area contributed by atoms with Crippen molar-refractivity contribution in [1.82, 2.24) is 0 Å². The Bertz CT molecular complexity index is 293. The Morgan fingerprint density at radius 3 is 3.15 bits per heavy atom. The van der Waals surface area contributed by atoms with Crippen LogP contribution in [0.1, 0.15) is 25.7 Å². The Hall–Kier alpha value is -0.780. The largest absolute Gasteiger partial charge is 0.0773 e. The molecule has 0 heterocycles. The molecule has 0 aromatic heterocycles. The third-order valence-electron chi connectivity index (χ3n) is 3.85. The maximum absolute atomic E-state index is 2.55. The molecule has 3 aliphatic rings. The first-order valence-electron chi connectivity index (χ1n) is 5.50. The highest BCUT2D eigenvalue weighted by Crippen LogP contribution is 2.44. The highest BCUT2D eigenvalue weighted by atomic mass is 14.4. The van der Waals surface area contributed by atoms with Crippen molar-refractivity contribution in [2.45, 2.75) is 25.7 Å². The summed E-state index contributed by atoms with van der Waals surface area (Å²) < 4.78 is 0. The minimum absolute atomic E-state index is 0.754. The van der Waals surface area contributed by atoms with E-state index >= 15 is 0 Å². The molecule has 0 nitrogen and oxygen atoms in total. The third-order valence-corrected chi connectivity index (χ3v) is 3.85. The summed E-state index contributed by atoms with van der Waals surface area (Å²) in [6.45, 7) is 0. The van der Waals surface area contributed by atoms with Gasteiger partial charge in [-0.05, 0) is 36.7 Å². The number of hydrogen-bond donors (Lipinski definition) is 0. The van der Waals surface area contributed by atoms with Crippen LogP contribution in [0.5, 0.6) is 0 Å². The zero-order chi connectivity index (χ0) is 8.67. The number of fused-ring (bicyclic) bond motifs is 2. The van der Waals surface area contributed by atoms with Gasteiger partial charge in [0.05, 0.1) is 0 Å². The Kier molecular flexibility index (Phi) is 1.68. The van der Waals surface area contributed by atoms with Gasteiger partial charge < -0.3 is 0 Å². The lowest BCUT2D eigenvalue weighted by Crippen LogP contribution is -2.19. The van der Waals surface area contributed by atoms with Crippen LogP contribution in [0.15, 0.2) is 36.0 Å². The summed E-state index contributed by atoms with van der Waals surface area (Å²) in [6.07, 6.45) is 17.4. The maximum Gasteiger partial charge on any atom is 0.00208 e. The molecule has 0 amide bonds. The van der Waals surface area contributed by atoms with Gasteiger partial charge in [-0.2, -0.15) is 0 Å². The van der Waals surface area contributed by atoms with Gasteiger partial charge >= 0.3 is 0 Å². The zero-order valence-electron chi connectivity index (χ0n) is 7.95. The number of rotatable bonds is 0. The van der Waals surface area contributed by atoms with E-state index in [1.165, 1.54) is 25.7 Å². The van der Waals surface area contributed by atoms with Crippen LogP contribution in [-0.4, -0.2) is 0 Å². The van der Waals surface area contributed by atoms with Crippen LogP contribution in [0.25, 0.3) is 0 Å². The fraction of sp³-hybridized carbons (Fsp3) is 0.538. The van der Waals surface area contributed by atoms with Crippen LogP contribution in [0.3, 0.4) is 0 Å². The second kappa shape index (κ2) is 2.87. The highest BCUT2D eigenvalue weighted by Gasteiger charge is 2.32. The first-order valence-corrected chi connectivity index (χ1v) is 5.50. The van der Waals surface area contributed by atoms with Gasteiger partial charge in [0.1, 0.15) is 0 Å². The van der Waals surface area contributed by atoms with E-state index < -0.39 is 0 Å². The molecular formula is C13H16. The van der Waals surface area contributed by atoms with E-state index in [-0.39, 0.29) is 0 Å². The smallest absolute Gasteiger partial charge is 0.00208 e. The van der Waals surface area contributed by atoms with Crippen LogP contribution >= 0.6 is 0 Å². The lowest BCUT2D eigenvalue weighted by molar-refractivity contribution is 0.369. The van der Waals surface area contributed by atoms with Gasteiger partial charge in [0.2, 0.25) is 0 Å². The Morgan fingerprint density at radius 1 is 1.15 bits per heavy atom. The maximum atomic E-state index is 2.55. The van der Waals surface area contributed by atoms with Gasteiger partial charge in [-0.15, -0.1) is 0 Å². The highest BCUT2D eigenvalue weighted by molar-refractivity contribution is 5.35. The third kappa shape index (κ3) is 1.20. The molecule has 3 unspecified atom stereocenters. The molecule has 0 saturated heterocycles. The SMILES string of the molecule is C1=CC2=CC3CCCC3CC2C=C1. The Morgan fingerprint density at radius 2 is 2.15 bits per heavy atom. The molecule has 0 aromatic rings. The Balaban J connectivity index is 1.93. The van der Waals surface area contributed by atoms with Crippen LogP contribution in [-0.2, 0) is 0 Å². The quantitative estimate of drug-likeness (QED) is 0.525. The summed E-state index contributed by atoms with van der Waals surface area (Å²) in [7, 11) is 0. The molecule has 0 aliphatic heterocycles. The van der Waals surface area contributed by atoms with Gasteiger partial charge in [0.25, 0.3) is 0 Å². The van der Waals surface area contributed by atoms with Gasteiger partial charge in [0, 0.05) is 5.92 Å². The summed E-state index contributed by atoms with van der Waals surface area (Å²) in [5, 5.41) is 0. The van der Waals surface area contributed by atoms with Gasteiger partial charge in [-0.3, -0.25) is 0 Å². The molecule has 1 saturated carbocycles. The molecule has 0 heteroatoms. The van der Waals surface area contributed by atoms with E-state index in [2.05, 4.69) is 30.4 Å². The van der Waals surface area contributed by atoms with Gasteiger partial charge in [0.15, 0.2) is 0 Å².